The number of ether oxygens (including phenoxy) is 2. The van der Waals surface area contributed by atoms with E-state index < -0.39 is 0 Å². The molecule has 8 heteroatoms. The van der Waals surface area contributed by atoms with Crippen LogP contribution >= 0.6 is 23.2 Å². The molecule has 1 aromatic heterocycles. The summed E-state index contributed by atoms with van der Waals surface area (Å²) >= 11 is 12.6. The van der Waals surface area contributed by atoms with E-state index in [1.807, 2.05) is 49.4 Å². The Kier molecular flexibility index (Phi) is 8.21. The smallest absolute Gasteiger partial charge is 0.161 e. The Morgan fingerprint density at radius 1 is 1.13 bits per heavy atom. The molecule has 0 bridgehead atoms. The molecule has 0 fully saturated rings. The van der Waals surface area contributed by atoms with Crippen molar-refractivity contribution in [2.75, 3.05) is 20.3 Å². The van der Waals surface area contributed by atoms with Crippen molar-refractivity contribution in [3.05, 3.63) is 75.0 Å². The zero-order valence-corrected chi connectivity index (χ0v) is 19.4. The number of nitrogens with one attached hydrogen (secondary N) is 1. The molecule has 3 rings (SSSR count). The Morgan fingerprint density at radius 3 is 2.55 bits per heavy atom. The van der Waals surface area contributed by atoms with Crippen LogP contribution in [-0.2, 0) is 13.1 Å². The molecule has 0 aliphatic heterocycles. The van der Waals surface area contributed by atoms with Crippen LogP contribution in [0.5, 0.6) is 11.5 Å². The first-order valence-electron chi connectivity index (χ1n) is 10.0. The molecule has 166 valence electrons. The Labute approximate surface area is 192 Å². The summed E-state index contributed by atoms with van der Waals surface area (Å²) in [5.41, 5.74) is 3.99. The number of rotatable bonds is 10. The molecule has 2 aromatic carbocycles. The van der Waals surface area contributed by atoms with Gasteiger partial charge in [0.15, 0.2) is 11.5 Å². The Balaban J connectivity index is 1.68. The van der Waals surface area contributed by atoms with Gasteiger partial charge in [-0.05, 0) is 49.2 Å². The van der Waals surface area contributed by atoms with E-state index in [1.54, 1.807) is 11.8 Å². The number of hydrogen-bond donors (Lipinski definition) is 2. The van der Waals surface area contributed by atoms with Gasteiger partial charge in [-0.2, -0.15) is 5.10 Å². The highest BCUT2D eigenvalue weighted by Gasteiger charge is 2.16. The average molecular weight is 464 g/mol. The van der Waals surface area contributed by atoms with E-state index in [0.717, 1.165) is 22.4 Å². The lowest BCUT2D eigenvalue weighted by atomic mass is 10.1. The average Bonchev–Trinajstić information content (AvgIpc) is 3.04. The summed E-state index contributed by atoms with van der Waals surface area (Å²) in [4.78, 5) is 0. The summed E-state index contributed by atoms with van der Waals surface area (Å²) in [6, 6.07) is 13.5. The largest absolute Gasteiger partial charge is 0.493 e. The number of aryl methyl sites for hydroxylation is 1. The summed E-state index contributed by atoms with van der Waals surface area (Å²) in [6.45, 7) is 5.37. The quantitative estimate of drug-likeness (QED) is 0.452. The Morgan fingerprint density at radius 2 is 1.87 bits per heavy atom. The Hall–Kier alpha value is -2.25. The van der Waals surface area contributed by atoms with Crippen LogP contribution in [-0.4, -0.2) is 35.2 Å². The minimum atomic E-state index is -0.0469. The highest BCUT2D eigenvalue weighted by Crippen LogP contribution is 2.31. The van der Waals surface area contributed by atoms with Crippen molar-refractivity contribution in [2.45, 2.75) is 33.0 Å². The predicted molar refractivity (Wildman–Crippen MR) is 123 cm³/mol. The lowest BCUT2D eigenvalue weighted by Gasteiger charge is -2.17. The summed E-state index contributed by atoms with van der Waals surface area (Å²) in [7, 11) is 1.60. The number of aliphatic hydroxyl groups is 1. The second-order valence-electron chi connectivity index (χ2n) is 7.22. The minimum Gasteiger partial charge on any atom is -0.493 e. The van der Waals surface area contributed by atoms with E-state index in [0.29, 0.717) is 34.8 Å². The van der Waals surface area contributed by atoms with E-state index in [4.69, 9.17) is 37.8 Å². The summed E-state index contributed by atoms with van der Waals surface area (Å²) in [5.74, 6) is 1.24. The van der Waals surface area contributed by atoms with Crippen molar-refractivity contribution >= 4 is 23.2 Å². The van der Waals surface area contributed by atoms with Gasteiger partial charge in [-0.15, -0.1) is 0 Å². The fraction of sp³-hybridized carbons (Fsp3) is 0.348. The van der Waals surface area contributed by atoms with Crippen LogP contribution in [0.4, 0.5) is 0 Å². The van der Waals surface area contributed by atoms with Gasteiger partial charge < -0.3 is 19.9 Å². The van der Waals surface area contributed by atoms with Gasteiger partial charge in [-0.1, -0.05) is 41.4 Å². The zero-order valence-electron chi connectivity index (χ0n) is 17.9. The third-order valence-electron chi connectivity index (χ3n) is 5.05. The SMILES string of the molecule is COc1cc([C@H](C)NCc2c(C)nn(Cc3ccc(Cl)cc3)c2Cl)ccc1OCCO. The molecular formula is C23H27Cl2N3O3. The molecule has 31 heavy (non-hydrogen) atoms. The molecule has 3 aromatic rings. The molecular weight excluding hydrogens is 437 g/mol. The van der Waals surface area contributed by atoms with Crippen LogP contribution in [0.2, 0.25) is 10.2 Å². The van der Waals surface area contributed by atoms with Crippen LogP contribution in [0.15, 0.2) is 42.5 Å². The molecule has 0 saturated heterocycles. The van der Waals surface area contributed by atoms with E-state index in [9.17, 15) is 0 Å². The highest BCUT2D eigenvalue weighted by molar-refractivity contribution is 6.30. The number of nitrogens with zero attached hydrogens (tertiary/aromatic N) is 2. The first-order chi connectivity index (χ1) is 14.9. The first kappa shape index (κ1) is 23.4. The maximum absolute atomic E-state index is 8.95. The van der Waals surface area contributed by atoms with Crippen LogP contribution in [0.1, 0.15) is 35.3 Å². The summed E-state index contributed by atoms with van der Waals surface area (Å²) in [5, 5.41) is 18.4. The van der Waals surface area contributed by atoms with Crippen LogP contribution < -0.4 is 14.8 Å². The number of benzene rings is 2. The van der Waals surface area contributed by atoms with Gasteiger partial charge in [-0.3, -0.25) is 0 Å². The second kappa shape index (κ2) is 10.9. The molecule has 0 radical (unpaired) electrons. The van der Waals surface area contributed by atoms with E-state index >= 15 is 0 Å². The van der Waals surface area contributed by atoms with Gasteiger partial charge >= 0.3 is 0 Å². The van der Waals surface area contributed by atoms with Crippen LogP contribution in [0.3, 0.4) is 0 Å². The molecule has 0 aliphatic rings. The van der Waals surface area contributed by atoms with Crippen molar-refractivity contribution in [3.63, 3.8) is 0 Å². The molecule has 1 atom stereocenters. The van der Waals surface area contributed by atoms with Crippen molar-refractivity contribution in [3.8, 4) is 11.5 Å². The molecule has 2 N–H and O–H groups in total. The lowest BCUT2D eigenvalue weighted by molar-refractivity contribution is 0.196. The van der Waals surface area contributed by atoms with Crippen LogP contribution in [0, 0.1) is 6.92 Å². The standard InChI is InChI=1S/C23H27Cl2N3O3/c1-15(18-6-9-21(31-11-10-29)22(12-18)30-3)26-13-20-16(2)27-28(23(20)25)14-17-4-7-19(24)8-5-17/h4-9,12,15,26,29H,10-11,13-14H2,1-3H3/t15-/m0/s1. The van der Waals surface area contributed by atoms with E-state index in [-0.39, 0.29) is 19.3 Å². The summed E-state index contributed by atoms with van der Waals surface area (Å²) < 4.78 is 12.7. The normalized spacial score (nSPS) is 12.1. The third kappa shape index (κ3) is 5.92. The maximum atomic E-state index is 8.95. The monoisotopic (exact) mass is 463 g/mol. The van der Waals surface area contributed by atoms with Crippen LogP contribution in [0.25, 0.3) is 0 Å². The number of halogens is 2. The second-order valence-corrected chi connectivity index (χ2v) is 8.02. The van der Waals surface area contributed by atoms with Gasteiger partial charge in [0.25, 0.3) is 0 Å². The topological polar surface area (TPSA) is 68.5 Å². The third-order valence-corrected chi connectivity index (χ3v) is 5.73. The maximum Gasteiger partial charge on any atom is 0.161 e. The number of methoxy groups -OCH3 is 1. The molecule has 0 unspecified atom stereocenters. The van der Waals surface area contributed by atoms with Gasteiger partial charge in [0, 0.05) is 23.2 Å². The molecule has 6 nitrogen and oxygen atoms in total. The predicted octanol–water partition coefficient (Wildman–Crippen LogP) is 4.78. The van der Waals surface area contributed by atoms with Gasteiger partial charge in [0.2, 0.25) is 0 Å². The van der Waals surface area contributed by atoms with E-state index in [1.165, 1.54) is 0 Å². The molecule has 0 amide bonds. The molecule has 0 saturated carbocycles. The summed E-state index contributed by atoms with van der Waals surface area (Å²) in [6.07, 6.45) is 0. The fourth-order valence-electron chi connectivity index (χ4n) is 3.26. The van der Waals surface area contributed by atoms with Gasteiger partial charge in [-0.25, -0.2) is 4.68 Å². The molecule has 1 heterocycles. The fourth-order valence-corrected chi connectivity index (χ4v) is 3.69. The number of aromatic nitrogens is 2. The number of hydrogen-bond acceptors (Lipinski definition) is 5. The first-order valence-corrected chi connectivity index (χ1v) is 10.8. The molecule has 0 spiro atoms. The zero-order chi connectivity index (χ0) is 22.4. The van der Waals surface area contributed by atoms with Crippen molar-refractivity contribution < 1.29 is 14.6 Å². The Bertz CT molecular complexity index is 1010. The molecule has 0 aliphatic carbocycles. The highest BCUT2D eigenvalue weighted by atomic mass is 35.5. The van der Waals surface area contributed by atoms with Gasteiger partial charge in [0.05, 0.1) is 26.0 Å². The lowest BCUT2D eigenvalue weighted by Crippen LogP contribution is -2.18. The van der Waals surface area contributed by atoms with Crippen molar-refractivity contribution in [1.82, 2.24) is 15.1 Å². The van der Waals surface area contributed by atoms with Crippen molar-refractivity contribution in [1.29, 1.82) is 0 Å². The van der Waals surface area contributed by atoms with Gasteiger partial charge in [0.1, 0.15) is 11.8 Å². The van der Waals surface area contributed by atoms with Crippen molar-refractivity contribution in [2.24, 2.45) is 0 Å². The minimum absolute atomic E-state index is 0.0469. The number of aliphatic hydroxyl groups excluding tert-OH is 1. The van der Waals surface area contributed by atoms with E-state index in [2.05, 4.69) is 17.3 Å².